The standard InChI is InChI=1S/C13H17F2N3/c14-11-5-8(16)6-12(15)13(11)17-9-3-4-18(7-9)10-1-2-10/h5-6,9-10,17H,1-4,7,16H2. The summed E-state index contributed by atoms with van der Waals surface area (Å²) in [5, 5.41) is 2.97. The molecule has 1 atom stereocenters. The Hall–Kier alpha value is -1.36. The van der Waals surface area contributed by atoms with Gasteiger partial charge in [0.25, 0.3) is 0 Å². The van der Waals surface area contributed by atoms with E-state index in [0.717, 1.165) is 31.6 Å². The van der Waals surface area contributed by atoms with Crippen molar-refractivity contribution in [3.05, 3.63) is 23.8 Å². The van der Waals surface area contributed by atoms with Crippen molar-refractivity contribution in [3.63, 3.8) is 0 Å². The lowest BCUT2D eigenvalue weighted by molar-refractivity contribution is 0.326. The van der Waals surface area contributed by atoms with Crippen LogP contribution in [-0.4, -0.2) is 30.1 Å². The van der Waals surface area contributed by atoms with Gasteiger partial charge in [-0.15, -0.1) is 0 Å². The first-order valence-corrected chi connectivity index (χ1v) is 6.38. The van der Waals surface area contributed by atoms with E-state index in [9.17, 15) is 8.78 Å². The van der Waals surface area contributed by atoms with Crippen LogP contribution in [-0.2, 0) is 0 Å². The highest BCUT2D eigenvalue weighted by Gasteiger charge is 2.34. The summed E-state index contributed by atoms with van der Waals surface area (Å²) in [6, 6.07) is 3.13. The lowest BCUT2D eigenvalue weighted by Crippen LogP contribution is -2.28. The molecule has 3 N–H and O–H groups in total. The van der Waals surface area contributed by atoms with Gasteiger partial charge in [-0.1, -0.05) is 0 Å². The molecule has 3 rings (SSSR count). The van der Waals surface area contributed by atoms with Crippen molar-refractivity contribution >= 4 is 11.4 Å². The molecule has 18 heavy (non-hydrogen) atoms. The van der Waals surface area contributed by atoms with E-state index < -0.39 is 11.6 Å². The van der Waals surface area contributed by atoms with E-state index in [-0.39, 0.29) is 17.4 Å². The quantitative estimate of drug-likeness (QED) is 0.811. The highest BCUT2D eigenvalue weighted by atomic mass is 19.1. The molecule has 1 aliphatic carbocycles. The van der Waals surface area contributed by atoms with Crippen LogP contribution in [0, 0.1) is 11.6 Å². The normalized spacial score (nSPS) is 24.4. The molecule has 1 saturated heterocycles. The SMILES string of the molecule is Nc1cc(F)c(NC2CCN(C3CC3)C2)c(F)c1. The van der Waals surface area contributed by atoms with Crippen LogP contribution in [0.3, 0.4) is 0 Å². The van der Waals surface area contributed by atoms with Gasteiger partial charge in [0.05, 0.1) is 0 Å². The minimum atomic E-state index is -0.614. The molecule has 0 radical (unpaired) electrons. The number of halogens is 2. The molecule has 98 valence electrons. The molecule has 0 aromatic heterocycles. The number of likely N-dealkylation sites (tertiary alicyclic amines) is 1. The van der Waals surface area contributed by atoms with Crippen LogP contribution >= 0.6 is 0 Å². The summed E-state index contributed by atoms with van der Waals surface area (Å²) < 4.78 is 27.3. The second-order valence-corrected chi connectivity index (χ2v) is 5.22. The van der Waals surface area contributed by atoms with Crippen molar-refractivity contribution in [1.29, 1.82) is 0 Å². The minimum Gasteiger partial charge on any atom is -0.399 e. The predicted octanol–water partition coefficient (Wildman–Crippen LogP) is 2.20. The third-order valence-corrected chi connectivity index (χ3v) is 3.70. The first-order valence-electron chi connectivity index (χ1n) is 6.38. The summed E-state index contributed by atoms with van der Waals surface area (Å²) in [5.41, 5.74) is 5.45. The first-order chi connectivity index (χ1) is 8.63. The van der Waals surface area contributed by atoms with Gasteiger partial charge in [-0.3, -0.25) is 4.90 Å². The van der Waals surface area contributed by atoms with Crippen LogP contribution in [0.1, 0.15) is 19.3 Å². The van der Waals surface area contributed by atoms with E-state index in [0.29, 0.717) is 6.04 Å². The largest absolute Gasteiger partial charge is 0.399 e. The Morgan fingerprint density at radius 3 is 2.44 bits per heavy atom. The highest BCUT2D eigenvalue weighted by molar-refractivity contribution is 5.54. The van der Waals surface area contributed by atoms with Gasteiger partial charge in [-0.2, -0.15) is 0 Å². The number of hydrogen-bond acceptors (Lipinski definition) is 3. The second kappa shape index (κ2) is 4.39. The predicted molar refractivity (Wildman–Crippen MR) is 67.4 cm³/mol. The summed E-state index contributed by atoms with van der Waals surface area (Å²) in [4.78, 5) is 2.39. The van der Waals surface area contributed by atoms with E-state index in [2.05, 4.69) is 10.2 Å². The van der Waals surface area contributed by atoms with Crippen molar-refractivity contribution < 1.29 is 8.78 Å². The topological polar surface area (TPSA) is 41.3 Å². The molecule has 1 aromatic rings. The van der Waals surface area contributed by atoms with Crippen molar-refractivity contribution in [3.8, 4) is 0 Å². The van der Waals surface area contributed by atoms with E-state index in [1.807, 2.05) is 0 Å². The molecule has 2 aliphatic rings. The Bertz CT molecular complexity index is 437. The molecule has 1 aliphatic heterocycles. The molecule has 0 spiro atoms. The number of nitrogens with two attached hydrogens (primary N) is 1. The molecule has 1 unspecified atom stereocenters. The Morgan fingerprint density at radius 1 is 1.17 bits per heavy atom. The van der Waals surface area contributed by atoms with E-state index in [1.54, 1.807) is 0 Å². The maximum absolute atomic E-state index is 13.6. The van der Waals surface area contributed by atoms with Gasteiger partial charge in [-0.25, -0.2) is 8.78 Å². The summed E-state index contributed by atoms with van der Waals surface area (Å²) in [5.74, 6) is -1.23. The number of nitrogens with one attached hydrogen (secondary N) is 1. The fourth-order valence-corrected chi connectivity index (χ4v) is 2.61. The van der Waals surface area contributed by atoms with Gasteiger partial charge >= 0.3 is 0 Å². The third kappa shape index (κ3) is 2.27. The summed E-state index contributed by atoms with van der Waals surface area (Å²) >= 11 is 0. The monoisotopic (exact) mass is 253 g/mol. The molecule has 2 fully saturated rings. The Labute approximate surface area is 105 Å². The minimum absolute atomic E-state index is 0.0492. The number of nitrogen functional groups attached to an aromatic ring is 1. The van der Waals surface area contributed by atoms with E-state index in [1.165, 1.54) is 12.8 Å². The summed E-state index contributed by atoms with van der Waals surface area (Å²) in [7, 11) is 0. The van der Waals surface area contributed by atoms with Crippen LogP contribution in [0.5, 0.6) is 0 Å². The van der Waals surface area contributed by atoms with Crippen LogP contribution < -0.4 is 11.1 Å². The van der Waals surface area contributed by atoms with Crippen LogP contribution in [0.25, 0.3) is 0 Å². The molecule has 1 heterocycles. The Morgan fingerprint density at radius 2 is 1.83 bits per heavy atom. The summed E-state index contributed by atoms with van der Waals surface area (Å²) in [6.07, 6.45) is 3.45. The zero-order chi connectivity index (χ0) is 12.7. The zero-order valence-corrected chi connectivity index (χ0v) is 10.1. The van der Waals surface area contributed by atoms with Crippen molar-refractivity contribution in [2.75, 3.05) is 24.1 Å². The van der Waals surface area contributed by atoms with Crippen molar-refractivity contribution in [2.24, 2.45) is 0 Å². The fourth-order valence-electron chi connectivity index (χ4n) is 2.61. The van der Waals surface area contributed by atoms with Gasteiger partial charge in [0.2, 0.25) is 0 Å². The fraction of sp³-hybridized carbons (Fsp3) is 0.538. The third-order valence-electron chi connectivity index (χ3n) is 3.70. The van der Waals surface area contributed by atoms with Crippen molar-refractivity contribution in [1.82, 2.24) is 4.90 Å². The van der Waals surface area contributed by atoms with Gasteiger partial charge in [0.1, 0.15) is 5.69 Å². The van der Waals surface area contributed by atoms with Gasteiger partial charge in [0.15, 0.2) is 11.6 Å². The van der Waals surface area contributed by atoms with Crippen LogP contribution in [0.4, 0.5) is 20.2 Å². The smallest absolute Gasteiger partial charge is 0.151 e. The van der Waals surface area contributed by atoms with Crippen molar-refractivity contribution in [2.45, 2.75) is 31.3 Å². The number of nitrogens with zero attached hydrogens (tertiary/aromatic N) is 1. The number of rotatable bonds is 3. The lowest BCUT2D eigenvalue weighted by Gasteiger charge is -2.17. The van der Waals surface area contributed by atoms with Gasteiger partial charge in [0, 0.05) is 30.9 Å². The Kier molecular flexibility index (Phi) is 2.86. The molecule has 0 bridgehead atoms. The van der Waals surface area contributed by atoms with Gasteiger partial charge < -0.3 is 11.1 Å². The second-order valence-electron chi connectivity index (χ2n) is 5.22. The maximum Gasteiger partial charge on any atom is 0.151 e. The highest BCUT2D eigenvalue weighted by Crippen LogP contribution is 2.31. The summed E-state index contributed by atoms with van der Waals surface area (Å²) in [6.45, 7) is 1.88. The van der Waals surface area contributed by atoms with E-state index >= 15 is 0 Å². The molecule has 5 heteroatoms. The first kappa shape index (κ1) is 11.7. The Balaban J connectivity index is 1.69. The molecule has 3 nitrogen and oxygen atoms in total. The molecular weight excluding hydrogens is 236 g/mol. The molecule has 1 saturated carbocycles. The maximum atomic E-state index is 13.6. The molecular formula is C13H17F2N3. The van der Waals surface area contributed by atoms with Crippen LogP contribution in [0.2, 0.25) is 0 Å². The number of benzene rings is 1. The lowest BCUT2D eigenvalue weighted by atomic mass is 10.2. The van der Waals surface area contributed by atoms with E-state index in [4.69, 9.17) is 5.73 Å². The zero-order valence-electron chi connectivity index (χ0n) is 10.1. The molecule has 1 aromatic carbocycles. The molecule has 0 amide bonds. The van der Waals surface area contributed by atoms with Crippen LogP contribution in [0.15, 0.2) is 12.1 Å². The van der Waals surface area contributed by atoms with Gasteiger partial charge in [-0.05, 0) is 31.4 Å². The number of anilines is 2. The number of hydrogen-bond donors (Lipinski definition) is 2. The average molecular weight is 253 g/mol. The average Bonchev–Trinajstić information content (AvgIpc) is 3.04.